The van der Waals surface area contributed by atoms with Gasteiger partial charge >= 0.3 is 0 Å². The highest BCUT2D eigenvalue weighted by Crippen LogP contribution is 2.02. The van der Waals surface area contributed by atoms with Gasteiger partial charge in [-0.15, -0.1) is 0 Å². The first-order valence-corrected chi connectivity index (χ1v) is 5.72. The fourth-order valence-electron chi connectivity index (χ4n) is 1.73. The molecule has 0 aromatic heterocycles. The monoisotopic (exact) mass is 200 g/mol. The molecular formula is C11H24N2O. The molecule has 1 aliphatic heterocycles. The molecule has 1 saturated heterocycles. The lowest BCUT2D eigenvalue weighted by Gasteiger charge is -2.32. The summed E-state index contributed by atoms with van der Waals surface area (Å²) >= 11 is 0. The van der Waals surface area contributed by atoms with Crippen LogP contribution in [0.1, 0.15) is 20.8 Å². The van der Waals surface area contributed by atoms with Crippen LogP contribution in [0, 0.1) is 5.92 Å². The third-order valence-corrected chi connectivity index (χ3v) is 2.66. The molecule has 0 saturated carbocycles. The second-order valence-electron chi connectivity index (χ2n) is 4.55. The molecule has 3 heteroatoms. The number of rotatable bonds is 5. The molecule has 0 bridgehead atoms. The summed E-state index contributed by atoms with van der Waals surface area (Å²) in [6, 6.07) is 0.637. The van der Waals surface area contributed by atoms with Gasteiger partial charge in [0.15, 0.2) is 0 Å². The van der Waals surface area contributed by atoms with E-state index in [1.165, 1.54) is 0 Å². The molecule has 1 heterocycles. The Balaban J connectivity index is 2.10. The Kier molecular flexibility index (Phi) is 5.45. The molecule has 0 spiro atoms. The van der Waals surface area contributed by atoms with Crippen molar-refractivity contribution in [2.45, 2.75) is 26.8 Å². The van der Waals surface area contributed by atoms with Crippen LogP contribution < -0.4 is 5.32 Å². The molecule has 3 nitrogen and oxygen atoms in total. The molecule has 0 amide bonds. The van der Waals surface area contributed by atoms with Crippen molar-refractivity contribution in [2.24, 2.45) is 5.92 Å². The van der Waals surface area contributed by atoms with Gasteiger partial charge in [0.2, 0.25) is 0 Å². The van der Waals surface area contributed by atoms with Gasteiger partial charge in [-0.05, 0) is 19.4 Å². The molecule has 84 valence electrons. The van der Waals surface area contributed by atoms with Crippen LogP contribution in [-0.2, 0) is 4.74 Å². The van der Waals surface area contributed by atoms with Gasteiger partial charge in [-0.2, -0.15) is 0 Å². The van der Waals surface area contributed by atoms with E-state index in [4.69, 9.17) is 4.74 Å². The highest BCUT2D eigenvalue weighted by molar-refractivity contribution is 4.72. The summed E-state index contributed by atoms with van der Waals surface area (Å²) < 4.78 is 5.33. The number of hydrogen-bond donors (Lipinski definition) is 1. The van der Waals surface area contributed by atoms with Crippen LogP contribution in [0.3, 0.4) is 0 Å². The van der Waals surface area contributed by atoms with E-state index in [1.807, 2.05) is 0 Å². The van der Waals surface area contributed by atoms with E-state index in [1.54, 1.807) is 0 Å². The molecule has 0 radical (unpaired) electrons. The van der Waals surface area contributed by atoms with Gasteiger partial charge in [-0.25, -0.2) is 0 Å². The Hall–Kier alpha value is -0.120. The minimum Gasteiger partial charge on any atom is -0.379 e. The van der Waals surface area contributed by atoms with Crippen molar-refractivity contribution in [2.75, 3.05) is 39.4 Å². The summed E-state index contributed by atoms with van der Waals surface area (Å²) in [5.41, 5.74) is 0. The summed E-state index contributed by atoms with van der Waals surface area (Å²) in [6.45, 7) is 13.0. The van der Waals surface area contributed by atoms with Crippen LogP contribution in [0.4, 0.5) is 0 Å². The fourth-order valence-corrected chi connectivity index (χ4v) is 1.73. The van der Waals surface area contributed by atoms with Gasteiger partial charge in [0.05, 0.1) is 13.2 Å². The normalized spacial score (nSPS) is 21.4. The van der Waals surface area contributed by atoms with Crippen LogP contribution >= 0.6 is 0 Å². The van der Waals surface area contributed by atoms with E-state index in [-0.39, 0.29) is 0 Å². The summed E-state index contributed by atoms with van der Waals surface area (Å²) in [7, 11) is 0. The van der Waals surface area contributed by atoms with Gasteiger partial charge in [-0.3, -0.25) is 4.90 Å². The van der Waals surface area contributed by atoms with Gasteiger partial charge in [-0.1, -0.05) is 13.8 Å². The summed E-state index contributed by atoms with van der Waals surface area (Å²) in [5, 5.41) is 3.50. The molecule has 14 heavy (non-hydrogen) atoms. The van der Waals surface area contributed by atoms with Crippen LogP contribution in [0.5, 0.6) is 0 Å². The lowest BCUT2D eigenvalue weighted by molar-refractivity contribution is 0.0203. The predicted octanol–water partition coefficient (Wildman–Crippen LogP) is 0.953. The summed E-state index contributed by atoms with van der Waals surface area (Å²) in [5.74, 6) is 0.742. The minimum absolute atomic E-state index is 0.637. The van der Waals surface area contributed by atoms with Crippen molar-refractivity contribution in [1.82, 2.24) is 10.2 Å². The molecular weight excluding hydrogens is 176 g/mol. The number of nitrogens with one attached hydrogen (secondary N) is 1. The predicted molar refractivity (Wildman–Crippen MR) is 59.6 cm³/mol. The smallest absolute Gasteiger partial charge is 0.0594 e. The van der Waals surface area contributed by atoms with Crippen molar-refractivity contribution in [1.29, 1.82) is 0 Å². The highest BCUT2D eigenvalue weighted by atomic mass is 16.5. The number of morpholine rings is 1. The van der Waals surface area contributed by atoms with E-state index < -0.39 is 0 Å². The molecule has 1 atom stereocenters. The molecule has 1 N–H and O–H groups in total. The maximum atomic E-state index is 5.33. The van der Waals surface area contributed by atoms with Crippen molar-refractivity contribution >= 4 is 0 Å². The first-order chi connectivity index (χ1) is 6.70. The lowest BCUT2D eigenvalue weighted by atomic mass is 10.2. The molecule has 1 fully saturated rings. The Labute approximate surface area is 87.8 Å². The third-order valence-electron chi connectivity index (χ3n) is 2.66. The maximum absolute atomic E-state index is 5.33. The second-order valence-corrected chi connectivity index (χ2v) is 4.55. The largest absolute Gasteiger partial charge is 0.379 e. The van der Waals surface area contributed by atoms with Gasteiger partial charge < -0.3 is 10.1 Å². The van der Waals surface area contributed by atoms with Crippen LogP contribution in [0.15, 0.2) is 0 Å². The molecule has 0 aromatic rings. The van der Waals surface area contributed by atoms with Gasteiger partial charge in [0.1, 0.15) is 0 Å². The maximum Gasteiger partial charge on any atom is 0.0594 e. The zero-order valence-corrected chi connectivity index (χ0v) is 9.75. The van der Waals surface area contributed by atoms with Crippen LogP contribution in [0.25, 0.3) is 0 Å². The molecule has 0 aliphatic carbocycles. The summed E-state index contributed by atoms with van der Waals surface area (Å²) in [4.78, 5) is 2.50. The number of ether oxygens (including phenoxy) is 1. The molecule has 1 aliphatic rings. The van der Waals surface area contributed by atoms with Crippen LogP contribution in [-0.4, -0.2) is 50.3 Å². The van der Waals surface area contributed by atoms with E-state index in [9.17, 15) is 0 Å². The zero-order valence-electron chi connectivity index (χ0n) is 9.75. The Bertz CT molecular complexity index is 144. The van der Waals surface area contributed by atoms with E-state index in [0.717, 1.165) is 45.3 Å². The molecule has 1 rings (SSSR count). The van der Waals surface area contributed by atoms with E-state index >= 15 is 0 Å². The molecule has 1 unspecified atom stereocenters. The average Bonchev–Trinajstić information content (AvgIpc) is 2.18. The lowest BCUT2D eigenvalue weighted by Crippen LogP contribution is -2.46. The van der Waals surface area contributed by atoms with Crippen LogP contribution in [0.2, 0.25) is 0 Å². The number of nitrogens with zero attached hydrogens (tertiary/aromatic N) is 1. The van der Waals surface area contributed by atoms with Gasteiger partial charge in [0, 0.05) is 25.7 Å². The van der Waals surface area contributed by atoms with Crippen molar-refractivity contribution in [3.63, 3.8) is 0 Å². The first kappa shape index (κ1) is 12.0. The Morgan fingerprint density at radius 2 is 1.79 bits per heavy atom. The summed E-state index contributed by atoms with van der Waals surface area (Å²) in [6.07, 6.45) is 0. The zero-order chi connectivity index (χ0) is 10.4. The topological polar surface area (TPSA) is 24.5 Å². The third kappa shape index (κ3) is 4.40. The van der Waals surface area contributed by atoms with E-state index in [0.29, 0.717) is 6.04 Å². The Morgan fingerprint density at radius 3 is 2.36 bits per heavy atom. The number of hydrogen-bond acceptors (Lipinski definition) is 3. The standard InChI is InChI=1S/C11H24N2O/c1-10(2)8-12-9-11(3)13-4-6-14-7-5-13/h10-12H,4-9H2,1-3H3. The van der Waals surface area contributed by atoms with Crippen molar-refractivity contribution in [3.8, 4) is 0 Å². The second kappa shape index (κ2) is 6.38. The average molecular weight is 200 g/mol. The quantitative estimate of drug-likeness (QED) is 0.715. The van der Waals surface area contributed by atoms with Gasteiger partial charge in [0.25, 0.3) is 0 Å². The Morgan fingerprint density at radius 1 is 1.14 bits per heavy atom. The SMILES string of the molecule is CC(C)CNCC(C)N1CCOCC1. The van der Waals surface area contributed by atoms with Crippen molar-refractivity contribution < 1.29 is 4.74 Å². The fraction of sp³-hybridized carbons (Fsp3) is 1.00. The highest BCUT2D eigenvalue weighted by Gasteiger charge is 2.16. The van der Waals surface area contributed by atoms with E-state index in [2.05, 4.69) is 31.0 Å². The molecule has 0 aromatic carbocycles. The van der Waals surface area contributed by atoms with Crippen molar-refractivity contribution in [3.05, 3.63) is 0 Å². The minimum atomic E-state index is 0.637. The first-order valence-electron chi connectivity index (χ1n) is 5.72.